The number of esters is 1. The van der Waals surface area contributed by atoms with Gasteiger partial charge in [0.05, 0.1) is 0 Å². The van der Waals surface area contributed by atoms with Crippen molar-refractivity contribution in [3.8, 4) is 0 Å². The molecule has 0 heterocycles. The molecule has 0 aromatic rings. The first kappa shape index (κ1) is 17.9. The molecule has 5 saturated carbocycles. The molecule has 4 nitrogen and oxygen atoms in total. The first-order valence-electron chi connectivity index (χ1n) is 9.95. The molecule has 0 aromatic heterocycles. The molecule has 142 valence electrons. The molecular weight excluding hydrogens is 328 g/mol. The first-order chi connectivity index (χ1) is 12.0. The Hall–Kier alpha value is -1.45. The highest BCUT2D eigenvalue weighted by Gasteiger charge is 2.71. The molecule has 1 spiro atoms. The zero-order chi connectivity index (χ0) is 19.1. The largest absolute Gasteiger partial charge is 0.462 e. The first-order valence-corrected chi connectivity index (χ1v) is 9.95. The van der Waals surface area contributed by atoms with Gasteiger partial charge in [-0.25, -0.2) is 0 Å². The molecule has 0 saturated heterocycles. The van der Waals surface area contributed by atoms with E-state index < -0.39 is 5.41 Å². The van der Waals surface area contributed by atoms with Crippen LogP contribution in [-0.4, -0.2) is 23.6 Å². The Bertz CT molecular complexity index is 720. The Morgan fingerprint density at radius 1 is 1.15 bits per heavy atom. The molecule has 26 heavy (non-hydrogen) atoms. The van der Waals surface area contributed by atoms with E-state index in [9.17, 15) is 14.4 Å². The highest BCUT2D eigenvalue weighted by molar-refractivity contribution is 5.90. The van der Waals surface area contributed by atoms with Crippen molar-refractivity contribution in [2.75, 3.05) is 0 Å². The van der Waals surface area contributed by atoms with Crippen LogP contribution in [0.5, 0.6) is 0 Å². The second-order valence-corrected chi connectivity index (χ2v) is 10.0. The highest BCUT2D eigenvalue weighted by Crippen LogP contribution is 2.71. The molecule has 4 heteroatoms. The summed E-state index contributed by atoms with van der Waals surface area (Å²) in [4.78, 5) is 37.7. The van der Waals surface area contributed by atoms with Crippen LogP contribution in [0.4, 0.5) is 0 Å². The molecule has 0 N–H and O–H groups in total. The van der Waals surface area contributed by atoms with Crippen LogP contribution in [0.25, 0.3) is 0 Å². The Balaban J connectivity index is 1.86. The van der Waals surface area contributed by atoms with Crippen molar-refractivity contribution in [2.24, 2.45) is 34.0 Å². The maximum Gasteiger partial charge on any atom is 0.302 e. The van der Waals surface area contributed by atoms with Crippen molar-refractivity contribution >= 4 is 17.5 Å². The molecule has 0 aliphatic heterocycles. The molecule has 5 fully saturated rings. The van der Waals surface area contributed by atoms with Crippen molar-refractivity contribution in [1.82, 2.24) is 0 Å². The lowest BCUT2D eigenvalue weighted by atomic mass is 9.36. The molecule has 5 aliphatic rings. The number of hydrogen-bond donors (Lipinski definition) is 0. The second-order valence-electron chi connectivity index (χ2n) is 10.0. The number of ether oxygens (including phenoxy) is 1. The van der Waals surface area contributed by atoms with Crippen molar-refractivity contribution in [2.45, 2.75) is 72.3 Å². The monoisotopic (exact) mass is 358 g/mol. The van der Waals surface area contributed by atoms with E-state index >= 15 is 0 Å². The molecule has 0 amide bonds. The van der Waals surface area contributed by atoms with Gasteiger partial charge in [-0.1, -0.05) is 32.9 Å². The van der Waals surface area contributed by atoms with Crippen LogP contribution >= 0.6 is 0 Å². The van der Waals surface area contributed by atoms with E-state index in [2.05, 4.69) is 27.4 Å². The number of rotatable bonds is 1. The molecule has 2 bridgehead atoms. The SMILES string of the molecule is C=C1C[C@@]23CC[C@@H]4C(C)(C)C(=O)CC[C@@]4(C)[C@@H]2[C@H](OC(C)=O)[C@@H]1CC3=O. The van der Waals surface area contributed by atoms with Crippen LogP contribution < -0.4 is 0 Å². The summed E-state index contributed by atoms with van der Waals surface area (Å²) >= 11 is 0. The number of ketones is 2. The van der Waals surface area contributed by atoms with Crippen LogP contribution in [0.3, 0.4) is 0 Å². The Morgan fingerprint density at radius 2 is 1.85 bits per heavy atom. The van der Waals surface area contributed by atoms with E-state index in [0.717, 1.165) is 31.3 Å². The third kappa shape index (κ3) is 2.05. The number of Topliss-reactive ketones (excluding diaryl/α,β-unsaturated/α-hetero) is 2. The maximum absolute atomic E-state index is 13.2. The van der Waals surface area contributed by atoms with E-state index in [1.807, 2.05) is 0 Å². The zero-order valence-corrected chi connectivity index (χ0v) is 16.4. The number of carbonyl (C=O) groups is 3. The summed E-state index contributed by atoms with van der Waals surface area (Å²) in [7, 11) is 0. The topological polar surface area (TPSA) is 60.4 Å². The van der Waals surface area contributed by atoms with Gasteiger partial charge in [-0.15, -0.1) is 0 Å². The van der Waals surface area contributed by atoms with Crippen molar-refractivity contribution in [3.63, 3.8) is 0 Å². The normalized spacial score (nSPS) is 46.5. The van der Waals surface area contributed by atoms with Gasteiger partial charge in [-0.05, 0) is 37.0 Å². The van der Waals surface area contributed by atoms with E-state index in [1.54, 1.807) is 0 Å². The summed E-state index contributed by atoms with van der Waals surface area (Å²) < 4.78 is 5.88. The fourth-order valence-corrected chi connectivity index (χ4v) is 7.46. The third-order valence-corrected chi connectivity index (χ3v) is 8.52. The maximum atomic E-state index is 13.2. The number of hydrogen-bond acceptors (Lipinski definition) is 4. The average molecular weight is 358 g/mol. The standard InChI is InChI=1S/C22H30O4/c1-12-11-22-9-6-15-20(3,4)16(24)7-8-21(15,5)19(22)18(26-13(2)23)14(12)10-17(22)25/h14-15,18-19H,1,6-11H2,2-5H3/t14-,15-,18-,19+,21-,22-/m1/s1. The molecule has 0 radical (unpaired) electrons. The summed E-state index contributed by atoms with van der Waals surface area (Å²) in [6.45, 7) is 12.1. The third-order valence-electron chi connectivity index (χ3n) is 8.52. The lowest BCUT2D eigenvalue weighted by Gasteiger charge is -2.68. The van der Waals surface area contributed by atoms with Gasteiger partial charge in [-0.2, -0.15) is 0 Å². The smallest absolute Gasteiger partial charge is 0.302 e. The molecule has 5 rings (SSSR count). The fraction of sp³-hybridized carbons (Fsp3) is 0.773. The molecule has 0 aromatic carbocycles. The summed E-state index contributed by atoms with van der Waals surface area (Å²) in [5.74, 6) is 0.547. The van der Waals surface area contributed by atoms with Gasteiger partial charge in [0, 0.05) is 42.4 Å². The molecular formula is C22H30O4. The van der Waals surface area contributed by atoms with Crippen LogP contribution in [0.1, 0.15) is 66.2 Å². The molecule has 6 atom stereocenters. The predicted octanol–water partition coefficient (Wildman–Crippen LogP) is 3.88. The van der Waals surface area contributed by atoms with E-state index in [4.69, 9.17) is 4.74 Å². The van der Waals surface area contributed by atoms with Crippen molar-refractivity contribution in [3.05, 3.63) is 12.2 Å². The second kappa shape index (κ2) is 5.30. The Morgan fingerprint density at radius 3 is 2.50 bits per heavy atom. The summed E-state index contributed by atoms with van der Waals surface area (Å²) in [5.41, 5.74) is 0.0743. The number of fused-ring (bicyclic) bond motifs is 3. The van der Waals surface area contributed by atoms with Gasteiger partial charge in [0.1, 0.15) is 17.7 Å². The minimum atomic E-state index is -0.451. The fourth-order valence-electron chi connectivity index (χ4n) is 7.46. The summed E-state index contributed by atoms with van der Waals surface area (Å²) in [5, 5.41) is 0. The summed E-state index contributed by atoms with van der Waals surface area (Å²) in [6, 6.07) is 0. The van der Waals surface area contributed by atoms with Gasteiger partial charge in [0.2, 0.25) is 0 Å². The minimum Gasteiger partial charge on any atom is -0.462 e. The highest BCUT2D eigenvalue weighted by atomic mass is 16.5. The molecule has 0 unspecified atom stereocenters. The van der Waals surface area contributed by atoms with Crippen molar-refractivity contribution in [1.29, 1.82) is 0 Å². The minimum absolute atomic E-state index is 0.00164. The van der Waals surface area contributed by atoms with Crippen LogP contribution in [0.15, 0.2) is 12.2 Å². The predicted molar refractivity (Wildman–Crippen MR) is 97.2 cm³/mol. The van der Waals surface area contributed by atoms with Gasteiger partial charge >= 0.3 is 5.97 Å². The quantitative estimate of drug-likeness (QED) is 0.527. The van der Waals surface area contributed by atoms with E-state index in [1.165, 1.54) is 6.92 Å². The van der Waals surface area contributed by atoms with Gasteiger partial charge in [0.25, 0.3) is 0 Å². The van der Waals surface area contributed by atoms with Crippen LogP contribution in [0.2, 0.25) is 0 Å². The average Bonchev–Trinajstić information content (AvgIpc) is 2.52. The van der Waals surface area contributed by atoms with Gasteiger partial charge in [-0.3, -0.25) is 14.4 Å². The van der Waals surface area contributed by atoms with Crippen LogP contribution in [-0.2, 0) is 19.1 Å². The van der Waals surface area contributed by atoms with E-state index in [-0.39, 0.29) is 40.7 Å². The Kier molecular flexibility index (Phi) is 3.65. The lowest BCUT2D eigenvalue weighted by Crippen LogP contribution is -2.69. The lowest BCUT2D eigenvalue weighted by molar-refractivity contribution is -0.218. The molecule has 5 aliphatic carbocycles. The number of carbonyl (C=O) groups excluding carboxylic acids is 3. The van der Waals surface area contributed by atoms with Gasteiger partial charge in [0.15, 0.2) is 0 Å². The van der Waals surface area contributed by atoms with Crippen LogP contribution in [0, 0.1) is 34.0 Å². The summed E-state index contributed by atoms with van der Waals surface area (Å²) in [6.07, 6.45) is 3.93. The Labute approximate surface area is 155 Å². The van der Waals surface area contributed by atoms with E-state index in [0.29, 0.717) is 24.4 Å². The van der Waals surface area contributed by atoms with Crippen molar-refractivity contribution < 1.29 is 19.1 Å². The zero-order valence-electron chi connectivity index (χ0n) is 16.4. The van der Waals surface area contributed by atoms with Gasteiger partial charge < -0.3 is 4.74 Å².